The second kappa shape index (κ2) is 5.82. The van der Waals surface area contributed by atoms with E-state index in [0.717, 1.165) is 30.9 Å². The van der Waals surface area contributed by atoms with Gasteiger partial charge in [-0.3, -0.25) is 4.98 Å². The van der Waals surface area contributed by atoms with Crippen molar-refractivity contribution >= 4 is 5.69 Å². The molecule has 0 N–H and O–H groups in total. The van der Waals surface area contributed by atoms with E-state index >= 15 is 0 Å². The van der Waals surface area contributed by atoms with E-state index in [1.165, 1.54) is 6.07 Å². The molecule has 1 aliphatic heterocycles. The van der Waals surface area contributed by atoms with Gasteiger partial charge < -0.3 is 9.64 Å². The number of rotatable bonds is 3. The molecule has 1 saturated heterocycles. The Labute approximate surface area is 125 Å². The van der Waals surface area contributed by atoms with Gasteiger partial charge in [0.1, 0.15) is 6.10 Å². The first-order valence-corrected chi connectivity index (χ1v) is 6.87. The number of nitrogens with zero attached hydrogens (tertiary/aromatic N) is 3. The largest absolute Gasteiger partial charge is 0.472 e. The minimum absolute atomic E-state index is 0.0857. The van der Waals surface area contributed by atoms with Crippen LogP contribution >= 0.6 is 0 Å². The zero-order chi connectivity index (χ0) is 15.6. The van der Waals surface area contributed by atoms with E-state index in [1.54, 1.807) is 12.4 Å². The van der Waals surface area contributed by atoms with E-state index in [0.29, 0.717) is 6.54 Å². The Morgan fingerprint density at radius 1 is 1.14 bits per heavy atom. The second-order valence-corrected chi connectivity index (χ2v) is 5.06. The summed E-state index contributed by atoms with van der Waals surface area (Å²) in [4.78, 5) is 9.86. The van der Waals surface area contributed by atoms with Gasteiger partial charge in [-0.1, -0.05) is 0 Å². The van der Waals surface area contributed by atoms with Crippen molar-refractivity contribution in [3.8, 4) is 5.88 Å². The molecule has 0 unspecified atom stereocenters. The Morgan fingerprint density at radius 2 is 1.91 bits per heavy atom. The average Bonchev–Trinajstić information content (AvgIpc) is 2.96. The van der Waals surface area contributed by atoms with Crippen LogP contribution in [0, 0.1) is 0 Å². The van der Waals surface area contributed by atoms with Crippen LogP contribution in [-0.4, -0.2) is 29.2 Å². The number of ether oxygens (including phenoxy) is 1. The molecule has 2 aromatic heterocycles. The van der Waals surface area contributed by atoms with E-state index in [4.69, 9.17) is 4.74 Å². The van der Waals surface area contributed by atoms with Crippen LogP contribution in [0.25, 0.3) is 0 Å². The third-order valence-electron chi connectivity index (χ3n) is 3.52. The van der Waals surface area contributed by atoms with Gasteiger partial charge in [0, 0.05) is 43.3 Å². The molecule has 3 heterocycles. The lowest BCUT2D eigenvalue weighted by atomic mass is 10.3. The van der Waals surface area contributed by atoms with Crippen molar-refractivity contribution in [1.82, 2.24) is 9.97 Å². The Hall–Kier alpha value is -2.31. The van der Waals surface area contributed by atoms with Crippen molar-refractivity contribution in [2.24, 2.45) is 0 Å². The highest BCUT2D eigenvalue weighted by atomic mass is 19.4. The van der Waals surface area contributed by atoms with Gasteiger partial charge in [0.2, 0.25) is 5.88 Å². The highest BCUT2D eigenvalue weighted by Gasteiger charge is 2.31. The molecular weight excluding hydrogens is 295 g/mol. The summed E-state index contributed by atoms with van der Waals surface area (Å²) >= 11 is 0. The maximum Gasteiger partial charge on any atom is 0.417 e. The molecule has 1 aliphatic rings. The fraction of sp³-hybridized carbons (Fsp3) is 0.333. The van der Waals surface area contributed by atoms with E-state index in [9.17, 15) is 13.2 Å². The van der Waals surface area contributed by atoms with Gasteiger partial charge in [-0.25, -0.2) is 4.98 Å². The minimum Gasteiger partial charge on any atom is -0.472 e. The third kappa shape index (κ3) is 3.29. The molecule has 0 aromatic carbocycles. The van der Waals surface area contributed by atoms with Gasteiger partial charge in [0.05, 0.1) is 12.1 Å². The zero-order valence-corrected chi connectivity index (χ0v) is 11.6. The van der Waals surface area contributed by atoms with Crippen LogP contribution in [0.2, 0.25) is 0 Å². The molecule has 4 nitrogen and oxygen atoms in total. The Balaban J connectivity index is 1.61. The summed E-state index contributed by atoms with van der Waals surface area (Å²) in [5.74, 6) is 0.217. The number of alkyl halides is 3. The normalized spacial score (nSPS) is 18.5. The lowest BCUT2D eigenvalue weighted by molar-refractivity contribution is -0.137. The van der Waals surface area contributed by atoms with Crippen LogP contribution in [-0.2, 0) is 6.18 Å². The van der Waals surface area contributed by atoms with Crippen LogP contribution in [0.3, 0.4) is 0 Å². The van der Waals surface area contributed by atoms with E-state index in [2.05, 4.69) is 14.9 Å². The standard InChI is InChI=1S/C15H14F3N3O/c16-15(17,18)11-1-2-14(20-9-11)22-13-5-8-21(10-13)12-3-6-19-7-4-12/h1-4,6-7,9,13H,5,8,10H2/t13-/m0/s1. The minimum atomic E-state index is -4.38. The van der Waals surface area contributed by atoms with E-state index in [-0.39, 0.29) is 12.0 Å². The maximum atomic E-state index is 12.5. The fourth-order valence-corrected chi connectivity index (χ4v) is 2.40. The molecule has 0 spiro atoms. The highest BCUT2D eigenvalue weighted by molar-refractivity contribution is 5.45. The molecule has 0 amide bonds. The maximum absolute atomic E-state index is 12.5. The summed E-state index contributed by atoms with van der Waals surface area (Å²) in [5, 5.41) is 0. The first kappa shape index (κ1) is 14.6. The van der Waals surface area contributed by atoms with Crippen molar-refractivity contribution < 1.29 is 17.9 Å². The molecular formula is C15H14F3N3O. The molecule has 2 aromatic rings. The first-order valence-electron chi connectivity index (χ1n) is 6.87. The van der Waals surface area contributed by atoms with E-state index < -0.39 is 11.7 Å². The topological polar surface area (TPSA) is 38.2 Å². The monoisotopic (exact) mass is 309 g/mol. The predicted octanol–water partition coefficient (Wildman–Crippen LogP) is 3.15. The number of anilines is 1. The van der Waals surface area contributed by atoms with Gasteiger partial charge in [-0.15, -0.1) is 0 Å². The molecule has 3 rings (SSSR count). The molecule has 0 radical (unpaired) electrons. The summed E-state index contributed by atoms with van der Waals surface area (Å²) in [6, 6.07) is 6.08. The smallest absolute Gasteiger partial charge is 0.417 e. The van der Waals surface area contributed by atoms with Crippen LogP contribution < -0.4 is 9.64 Å². The molecule has 1 atom stereocenters. The average molecular weight is 309 g/mol. The molecule has 116 valence electrons. The van der Waals surface area contributed by atoms with Crippen LogP contribution in [0.4, 0.5) is 18.9 Å². The first-order chi connectivity index (χ1) is 10.5. The van der Waals surface area contributed by atoms with Crippen LogP contribution in [0.1, 0.15) is 12.0 Å². The number of pyridine rings is 2. The molecule has 0 bridgehead atoms. The SMILES string of the molecule is FC(F)(F)c1ccc(O[C@H]2CCN(c3ccncc3)C2)nc1. The molecule has 0 aliphatic carbocycles. The van der Waals surface area contributed by atoms with Gasteiger partial charge in [0.15, 0.2) is 0 Å². The van der Waals surface area contributed by atoms with Crippen molar-refractivity contribution in [3.63, 3.8) is 0 Å². The van der Waals surface area contributed by atoms with Crippen LogP contribution in [0.15, 0.2) is 42.9 Å². The van der Waals surface area contributed by atoms with Gasteiger partial charge in [-0.05, 0) is 18.2 Å². The lowest BCUT2D eigenvalue weighted by Crippen LogP contribution is -2.24. The summed E-state index contributed by atoms with van der Waals surface area (Å²) in [5.41, 5.74) is 0.283. The number of aromatic nitrogens is 2. The predicted molar refractivity (Wildman–Crippen MR) is 74.7 cm³/mol. The highest BCUT2D eigenvalue weighted by Crippen LogP contribution is 2.29. The number of hydrogen-bond donors (Lipinski definition) is 0. The lowest BCUT2D eigenvalue weighted by Gasteiger charge is -2.18. The Kier molecular flexibility index (Phi) is 3.87. The summed E-state index contributed by atoms with van der Waals surface area (Å²) in [6.07, 6.45) is 0.576. The van der Waals surface area contributed by atoms with Crippen LogP contribution in [0.5, 0.6) is 5.88 Å². The molecule has 7 heteroatoms. The molecule has 22 heavy (non-hydrogen) atoms. The third-order valence-corrected chi connectivity index (χ3v) is 3.52. The number of halogens is 3. The Morgan fingerprint density at radius 3 is 2.55 bits per heavy atom. The molecule has 1 fully saturated rings. The van der Waals surface area contributed by atoms with Crippen molar-refractivity contribution in [2.45, 2.75) is 18.7 Å². The summed E-state index contributed by atoms with van der Waals surface area (Å²) in [7, 11) is 0. The zero-order valence-electron chi connectivity index (χ0n) is 11.6. The van der Waals surface area contributed by atoms with Gasteiger partial charge in [0.25, 0.3) is 0 Å². The summed E-state index contributed by atoms with van der Waals surface area (Å²) < 4.78 is 43.1. The second-order valence-electron chi connectivity index (χ2n) is 5.06. The van der Waals surface area contributed by atoms with Crippen molar-refractivity contribution in [2.75, 3.05) is 18.0 Å². The number of hydrogen-bond acceptors (Lipinski definition) is 4. The molecule has 0 saturated carbocycles. The fourth-order valence-electron chi connectivity index (χ4n) is 2.40. The summed E-state index contributed by atoms with van der Waals surface area (Å²) in [6.45, 7) is 1.50. The van der Waals surface area contributed by atoms with Gasteiger partial charge in [-0.2, -0.15) is 13.2 Å². The van der Waals surface area contributed by atoms with E-state index in [1.807, 2.05) is 12.1 Å². The van der Waals surface area contributed by atoms with Crippen molar-refractivity contribution in [3.05, 3.63) is 48.4 Å². The Bertz CT molecular complexity index is 616. The quantitative estimate of drug-likeness (QED) is 0.873. The van der Waals surface area contributed by atoms with Gasteiger partial charge >= 0.3 is 6.18 Å². The van der Waals surface area contributed by atoms with Crippen molar-refractivity contribution in [1.29, 1.82) is 0 Å².